The van der Waals surface area contributed by atoms with E-state index in [1.807, 2.05) is 18.2 Å². The van der Waals surface area contributed by atoms with Crippen LogP contribution in [-0.2, 0) is 0 Å². The fourth-order valence-corrected chi connectivity index (χ4v) is 3.10. The average molecular weight is 312 g/mol. The number of H-pyrrole nitrogens is 1. The first-order chi connectivity index (χ1) is 11.0. The lowest BCUT2D eigenvalue weighted by atomic mass is 9.86. The van der Waals surface area contributed by atoms with Gasteiger partial charge in [0.05, 0.1) is 29.4 Å². The predicted molar refractivity (Wildman–Crippen MR) is 80.2 cm³/mol. The van der Waals surface area contributed by atoms with Crippen molar-refractivity contribution in [3.05, 3.63) is 57.5 Å². The molecule has 0 fully saturated rings. The van der Waals surface area contributed by atoms with Gasteiger partial charge in [-0.25, -0.2) is 4.79 Å². The highest BCUT2D eigenvalue weighted by atomic mass is 16.5. The number of nitrogens with one attached hydrogen (secondary N) is 2. The van der Waals surface area contributed by atoms with Crippen molar-refractivity contribution in [3.63, 3.8) is 0 Å². The van der Waals surface area contributed by atoms with Crippen LogP contribution in [0, 0.1) is 0 Å². The van der Waals surface area contributed by atoms with Gasteiger partial charge in [0, 0.05) is 6.07 Å². The van der Waals surface area contributed by atoms with Crippen molar-refractivity contribution in [2.45, 2.75) is 18.6 Å². The number of hydrogen-bond acceptors (Lipinski definition) is 5. The number of hydrogen-bond donors (Lipinski definition) is 3. The number of ether oxygens (including phenoxy) is 1. The molecule has 0 saturated heterocycles. The largest absolute Gasteiger partial charge is 0.485 e. The van der Waals surface area contributed by atoms with Gasteiger partial charge in [0.15, 0.2) is 11.2 Å². The molecule has 23 heavy (non-hydrogen) atoms. The van der Waals surface area contributed by atoms with Crippen LogP contribution in [0.2, 0.25) is 0 Å². The zero-order valence-electron chi connectivity index (χ0n) is 11.8. The molecular weight excluding hydrogens is 300 g/mol. The van der Waals surface area contributed by atoms with Crippen molar-refractivity contribution in [2.75, 3.05) is 5.32 Å². The minimum atomic E-state index is -1.28. The number of Topliss-reactive ketones (excluding diaryl/α,β-unsaturated/α-hetero) is 1. The van der Waals surface area contributed by atoms with Crippen LogP contribution < -0.4 is 15.5 Å². The molecule has 0 amide bonds. The van der Waals surface area contributed by atoms with Crippen molar-refractivity contribution in [2.24, 2.45) is 0 Å². The van der Waals surface area contributed by atoms with Crippen LogP contribution in [0.5, 0.6) is 5.75 Å². The Morgan fingerprint density at radius 3 is 2.83 bits per heavy atom. The number of para-hydroxylation sites is 2. The highest BCUT2D eigenvalue weighted by molar-refractivity contribution is 5.99. The molecule has 0 spiro atoms. The van der Waals surface area contributed by atoms with Crippen molar-refractivity contribution in [3.8, 4) is 5.75 Å². The van der Waals surface area contributed by atoms with E-state index in [0.29, 0.717) is 5.75 Å². The summed E-state index contributed by atoms with van der Waals surface area (Å²) in [6.45, 7) is 0. The van der Waals surface area contributed by atoms with E-state index in [2.05, 4.69) is 10.3 Å². The summed E-state index contributed by atoms with van der Waals surface area (Å²) in [5, 5.41) is 12.3. The topological polar surface area (TPSA) is 108 Å². The summed E-state index contributed by atoms with van der Waals surface area (Å²) >= 11 is 0. The van der Waals surface area contributed by atoms with Crippen LogP contribution in [-0.4, -0.2) is 27.9 Å². The van der Waals surface area contributed by atoms with E-state index in [-0.39, 0.29) is 29.2 Å². The van der Waals surface area contributed by atoms with Crippen LogP contribution in [0.3, 0.4) is 0 Å². The number of anilines is 1. The second-order valence-corrected chi connectivity index (χ2v) is 5.54. The van der Waals surface area contributed by atoms with Gasteiger partial charge in [0.2, 0.25) is 0 Å². The molecule has 0 radical (unpaired) electrons. The molecule has 116 valence electrons. The van der Waals surface area contributed by atoms with E-state index in [1.165, 1.54) is 0 Å². The number of fused-ring (bicyclic) bond motifs is 4. The average Bonchev–Trinajstić information content (AvgIpc) is 2.53. The molecule has 1 aliphatic carbocycles. The third kappa shape index (κ3) is 2.01. The molecule has 0 saturated carbocycles. The fraction of sp³-hybridized carbons (Fsp3) is 0.188. The molecule has 2 atom stereocenters. The van der Waals surface area contributed by atoms with E-state index in [0.717, 1.165) is 11.8 Å². The quantitative estimate of drug-likeness (QED) is 0.737. The van der Waals surface area contributed by atoms with E-state index in [9.17, 15) is 14.4 Å². The summed E-state index contributed by atoms with van der Waals surface area (Å²) in [5.41, 5.74) is 0.223. The Hall–Kier alpha value is -3.09. The molecule has 1 aromatic carbocycles. The second-order valence-electron chi connectivity index (χ2n) is 5.54. The smallest absolute Gasteiger partial charge is 0.352 e. The maximum absolute atomic E-state index is 12.4. The third-order valence-corrected chi connectivity index (χ3v) is 4.12. The number of rotatable bonds is 1. The molecule has 7 nitrogen and oxygen atoms in total. The van der Waals surface area contributed by atoms with Crippen molar-refractivity contribution < 1.29 is 19.4 Å². The third-order valence-electron chi connectivity index (χ3n) is 4.12. The van der Waals surface area contributed by atoms with E-state index in [4.69, 9.17) is 9.84 Å². The molecule has 0 bridgehead atoms. The molecule has 1 aliphatic heterocycles. The van der Waals surface area contributed by atoms with Gasteiger partial charge in [-0.3, -0.25) is 9.59 Å². The Labute approximate surface area is 129 Å². The van der Waals surface area contributed by atoms with Gasteiger partial charge in [0.25, 0.3) is 0 Å². The molecule has 1 aromatic heterocycles. The Balaban J connectivity index is 1.87. The van der Waals surface area contributed by atoms with Gasteiger partial charge in [0.1, 0.15) is 17.5 Å². The number of aromatic carboxylic acids is 1. The fourth-order valence-electron chi connectivity index (χ4n) is 3.10. The number of ketones is 1. The van der Waals surface area contributed by atoms with Crippen LogP contribution in [0.25, 0.3) is 0 Å². The summed E-state index contributed by atoms with van der Waals surface area (Å²) in [5.74, 6) is -0.982. The molecule has 2 aromatic rings. The highest BCUT2D eigenvalue weighted by Crippen LogP contribution is 2.40. The molecule has 2 unspecified atom stereocenters. The maximum Gasteiger partial charge on any atom is 0.352 e. The lowest BCUT2D eigenvalue weighted by Crippen LogP contribution is -2.44. The van der Waals surface area contributed by atoms with Gasteiger partial charge in [-0.05, 0) is 12.1 Å². The Kier molecular flexibility index (Phi) is 2.77. The molecular formula is C16H12N2O5. The number of carbonyl (C=O) groups is 2. The molecule has 4 rings (SSSR count). The summed E-state index contributed by atoms with van der Waals surface area (Å²) in [7, 11) is 0. The van der Waals surface area contributed by atoms with Crippen LogP contribution in [0.15, 0.2) is 35.1 Å². The number of benzene rings is 1. The first kappa shape index (κ1) is 13.6. The molecule has 3 N–H and O–H groups in total. The van der Waals surface area contributed by atoms with Gasteiger partial charge in [-0.2, -0.15) is 0 Å². The van der Waals surface area contributed by atoms with Gasteiger partial charge in [-0.1, -0.05) is 12.1 Å². The summed E-state index contributed by atoms with van der Waals surface area (Å²) in [6, 6.07) is 7.77. The van der Waals surface area contributed by atoms with Gasteiger partial charge < -0.3 is 20.1 Å². The first-order valence-electron chi connectivity index (χ1n) is 7.10. The van der Waals surface area contributed by atoms with Crippen molar-refractivity contribution in [1.29, 1.82) is 0 Å². The Morgan fingerprint density at radius 2 is 2.04 bits per heavy atom. The van der Waals surface area contributed by atoms with Gasteiger partial charge >= 0.3 is 5.97 Å². The SMILES string of the molecule is O=C(O)c1cc(=O)c2c([nH]1)C(=O)CC1Oc3ccccc3NC21. The molecule has 7 heteroatoms. The zero-order chi connectivity index (χ0) is 16.1. The van der Waals surface area contributed by atoms with E-state index < -0.39 is 23.5 Å². The number of aromatic nitrogens is 1. The monoisotopic (exact) mass is 312 g/mol. The van der Waals surface area contributed by atoms with Crippen molar-refractivity contribution >= 4 is 17.4 Å². The molecule has 2 aliphatic rings. The lowest BCUT2D eigenvalue weighted by molar-refractivity contribution is 0.0689. The Bertz CT molecular complexity index is 902. The maximum atomic E-state index is 12.4. The number of aromatic amines is 1. The second kappa shape index (κ2) is 4.70. The van der Waals surface area contributed by atoms with Crippen LogP contribution in [0.1, 0.15) is 39.0 Å². The predicted octanol–water partition coefficient (Wildman–Crippen LogP) is 1.57. The number of carboxylic acid groups (broad SMARTS) is 1. The van der Waals surface area contributed by atoms with E-state index in [1.54, 1.807) is 6.07 Å². The van der Waals surface area contributed by atoms with Gasteiger partial charge in [-0.15, -0.1) is 0 Å². The number of carbonyl (C=O) groups excluding carboxylic acids is 1. The minimum Gasteiger partial charge on any atom is -0.485 e. The van der Waals surface area contributed by atoms with Crippen LogP contribution >= 0.6 is 0 Å². The summed E-state index contributed by atoms with van der Waals surface area (Å²) in [4.78, 5) is 38.3. The lowest BCUT2D eigenvalue weighted by Gasteiger charge is -2.38. The van der Waals surface area contributed by atoms with E-state index >= 15 is 0 Å². The van der Waals surface area contributed by atoms with Crippen LogP contribution in [0.4, 0.5) is 5.69 Å². The Morgan fingerprint density at radius 1 is 1.26 bits per heavy atom. The highest BCUT2D eigenvalue weighted by Gasteiger charge is 2.41. The zero-order valence-corrected chi connectivity index (χ0v) is 11.8. The normalized spacial score (nSPS) is 21.3. The number of carboxylic acids is 1. The molecule has 2 heterocycles. The van der Waals surface area contributed by atoms with Crippen molar-refractivity contribution in [1.82, 2.24) is 4.98 Å². The standard InChI is InChI=1S/C16H12N2O5/c19-9-5-8(16(21)22)18-14-10(20)6-12-15(13(9)14)17-7-3-1-2-4-11(7)23-12/h1-5,12,15,17H,6H2,(H,18,19)(H,21,22). The number of pyridine rings is 1. The summed E-state index contributed by atoms with van der Waals surface area (Å²) < 4.78 is 5.84. The minimum absolute atomic E-state index is 0.0478. The summed E-state index contributed by atoms with van der Waals surface area (Å²) in [6.07, 6.45) is -0.431. The first-order valence-corrected chi connectivity index (χ1v) is 7.10.